The summed E-state index contributed by atoms with van der Waals surface area (Å²) in [4.78, 5) is 10.8. The van der Waals surface area contributed by atoms with Crippen LogP contribution in [0.3, 0.4) is 0 Å². The molecule has 0 spiro atoms. The van der Waals surface area contributed by atoms with E-state index in [2.05, 4.69) is 0 Å². The predicted molar refractivity (Wildman–Crippen MR) is 77.7 cm³/mol. The maximum absolute atomic E-state index is 10.8. The van der Waals surface area contributed by atoms with Gasteiger partial charge in [-0.05, 0) is 24.1 Å². The summed E-state index contributed by atoms with van der Waals surface area (Å²) in [7, 11) is 0. The number of benzene rings is 2. The SMILES string of the molecule is Cc1oc2cc(CC(=O)O)ccc2c1-c1ccccc1. The van der Waals surface area contributed by atoms with Crippen LogP contribution >= 0.6 is 0 Å². The van der Waals surface area contributed by atoms with Gasteiger partial charge in [0.15, 0.2) is 0 Å². The smallest absolute Gasteiger partial charge is 0.307 e. The largest absolute Gasteiger partial charge is 0.481 e. The molecule has 0 amide bonds. The minimum absolute atomic E-state index is 0.0103. The average Bonchev–Trinajstić information content (AvgIpc) is 2.74. The van der Waals surface area contributed by atoms with E-state index < -0.39 is 5.97 Å². The maximum atomic E-state index is 10.8. The molecule has 3 rings (SSSR count). The third-order valence-corrected chi connectivity index (χ3v) is 3.35. The number of hydrogen-bond donors (Lipinski definition) is 1. The van der Waals surface area contributed by atoms with Gasteiger partial charge in [0.2, 0.25) is 0 Å². The van der Waals surface area contributed by atoms with Crippen LogP contribution in [0.5, 0.6) is 0 Å². The highest BCUT2D eigenvalue weighted by atomic mass is 16.4. The van der Waals surface area contributed by atoms with Gasteiger partial charge in [0, 0.05) is 10.9 Å². The molecular weight excluding hydrogens is 252 g/mol. The molecule has 0 saturated heterocycles. The Labute approximate surface area is 116 Å². The van der Waals surface area contributed by atoms with Crippen LogP contribution in [-0.4, -0.2) is 11.1 Å². The van der Waals surface area contributed by atoms with Crippen LogP contribution in [0.15, 0.2) is 52.9 Å². The predicted octanol–water partition coefficient (Wildman–Crippen LogP) is 4.04. The van der Waals surface area contributed by atoms with Crippen molar-refractivity contribution in [3.05, 3.63) is 59.9 Å². The summed E-state index contributed by atoms with van der Waals surface area (Å²) in [5, 5.41) is 9.86. The molecule has 1 aromatic heterocycles. The topological polar surface area (TPSA) is 50.4 Å². The number of furan rings is 1. The van der Waals surface area contributed by atoms with Gasteiger partial charge in [0.05, 0.1) is 6.42 Å². The van der Waals surface area contributed by atoms with Gasteiger partial charge in [-0.2, -0.15) is 0 Å². The highest BCUT2D eigenvalue weighted by Gasteiger charge is 2.13. The van der Waals surface area contributed by atoms with Crippen molar-refractivity contribution in [2.75, 3.05) is 0 Å². The molecule has 3 heteroatoms. The third kappa shape index (κ3) is 2.18. The van der Waals surface area contributed by atoms with Crippen LogP contribution in [0, 0.1) is 6.92 Å². The second-order valence-electron chi connectivity index (χ2n) is 4.80. The van der Waals surface area contributed by atoms with Crippen LogP contribution in [0.4, 0.5) is 0 Å². The summed E-state index contributed by atoms with van der Waals surface area (Å²) in [5.74, 6) is 0.00888. The Kier molecular flexibility index (Phi) is 3.03. The van der Waals surface area contributed by atoms with Crippen molar-refractivity contribution in [3.63, 3.8) is 0 Å². The number of carboxylic acids is 1. The fraction of sp³-hybridized carbons (Fsp3) is 0.118. The van der Waals surface area contributed by atoms with E-state index in [1.54, 1.807) is 0 Å². The molecule has 0 bridgehead atoms. The Balaban J connectivity index is 2.15. The Hall–Kier alpha value is -2.55. The van der Waals surface area contributed by atoms with E-state index in [1.165, 1.54) is 0 Å². The van der Waals surface area contributed by atoms with Gasteiger partial charge in [0.25, 0.3) is 0 Å². The standard InChI is InChI=1S/C17H14O3/c1-11-17(13-5-3-2-4-6-13)14-8-7-12(10-16(18)19)9-15(14)20-11/h2-9H,10H2,1H3,(H,18,19). The lowest BCUT2D eigenvalue weighted by Gasteiger charge is -2.00. The second-order valence-corrected chi connectivity index (χ2v) is 4.80. The van der Waals surface area contributed by atoms with Crippen molar-refractivity contribution < 1.29 is 14.3 Å². The van der Waals surface area contributed by atoms with Gasteiger partial charge in [-0.3, -0.25) is 4.79 Å². The summed E-state index contributed by atoms with van der Waals surface area (Å²) in [5.41, 5.74) is 3.66. The van der Waals surface area contributed by atoms with E-state index >= 15 is 0 Å². The Morgan fingerprint density at radius 3 is 2.60 bits per heavy atom. The highest BCUT2D eigenvalue weighted by molar-refractivity contribution is 5.96. The third-order valence-electron chi connectivity index (χ3n) is 3.35. The number of carbonyl (C=O) groups is 1. The van der Waals surface area contributed by atoms with E-state index in [0.29, 0.717) is 0 Å². The first-order chi connectivity index (χ1) is 9.65. The van der Waals surface area contributed by atoms with Crippen molar-refractivity contribution in [3.8, 4) is 11.1 Å². The minimum Gasteiger partial charge on any atom is -0.481 e. The minimum atomic E-state index is -0.837. The summed E-state index contributed by atoms with van der Waals surface area (Å²) >= 11 is 0. The molecule has 0 aliphatic heterocycles. The molecule has 3 aromatic rings. The Morgan fingerprint density at radius 2 is 1.90 bits per heavy atom. The number of fused-ring (bicyclic) bond motifs is 1. The van der Waals surface area contributed by atoms with Crippen molar-refractivity contribution in [2.24, 2.45) is 0 Å². The van der Waals surface area contributed by atoms with Gasteiger partial charge < -0.3 is 9.52 Å². The zero-order chi connectivity index (χ0) is 14.1. The van der Waals surface area contributed by atoms with E-state index in [1.807, 2.05) is 55.5 Å². The molecule has 20 heavy (non-hydrogen) atoms. The van der Waals surface area contributed by atoms with Crippen LogP contribution < -0.4 is 0 Å². The van der Waals surface area contributed by atoms with E-state index in [0.717, 1.165) is 33.4 Å². The van der Waals surface area contributed by atoms with Gasteiger partial charge in [-0.1, -0.05) is 42.5 Å². The Bertz CT molecular complexity index is 770. The quantitative estimate of drug-likeness (QED) is 0.778. The molecule has 0 atom stereocenters. The van der Waals surface area contributed by atoms with E-state index in [4.69, 9.17) is 9.52 Å². The fourth-order valence-electron chi connectivity index (χ4n) is 2.51. The van der Waals surface area contributed by atoms with Crippen molar-refractivity contribution in [1.29, 1.82) is 0 Å². The summed E-state index contributed by atoms with van der Waals surface area (Å²) < 4.78 is 5.78. The van der Waals surface area contributed by atoms with Crippen LogP contribution in [0.1, 0.15) is 11.3 Å². The lowest BCUT2D eigenvalue weighted by molar-refractivity contribution is -0.136. The van der Waals surface area contributed by atoms with Crippen LogP contribution in [0.2, 0.25) is 0 Å². The lowest BCUT2D eigenvalue weighted by Crippen LogP contribution is -1.99. The molecular formula is C17H14O3. The first kappa shape index (κ1) is 12.5. The molecule has 0 saturated carbocycles. The molecule has 100 valence electrons. The molecule has 2 aromatic carbocycles. The van der Waals surface area contributed by atoms with Crippen LogP contribution in [0.25, 0.3) is 22.1 Å². The number of rotatable bonds is 3. The molecule has 0 unspecified atom stereocenters. The number of carboxylic acid groups (broad SMARTS) is 1. The number of aryl methyl sites for hydroxylation is 1. The second kappa shape index (κ2) is 4.85. The molecule has 0 aliphatic rings. The lowest BCUT2D eigenvalue weighted by atomic mass is 10.0. The summed E-state index contributed by atoms with van der Waals surface area (Å²) in [6.07, 6.45) is 0.0103. The molecule has 0 fully saturated rings. The van der Waals surface area contributed by atoms with Crippen molar-refractivity contribution in [1.82, 2.24) is 0 Å². The van der Waals surface area contributed by atoms with Crippen LogP contribution in [-0.2, 0) is 11.2 Å². The van der Waals surface area contributed by atoms with Crippen molar-refractivity contribution >= 4 is 16.9 Å². The molecule has 1 heterocycles. The van der Waals surface area contributed by atoms with Gasteiger partial charge in [0.1, 0.15) is 11.3 Å². The Morgan fingerprint density at radius 1 is 1.15 bits per heavy atom. The van der Waals surface area contributed by atoms with Gasteiger partial charge >= 0.3 is 5.97 Å². The molecule has 1 N–H and O–H groups in total. The zero-order valence-electron chi connectivity index (χ0n) is 11.1. The van der Waals surface area contributed by atoms with Gasteiger partial charge in [-0.15, -0.1) is 0 Å². The average molecular weight is 266 g/mol. The number of aliphatic carboxylic acids is 1. The summed E-state index contributed by atoms with van der Waals surface area (Å²) in [6.45, 7) is 1.93. The van der Waals surface area contributed by atoms with E-state index in [-0.39, 0.29) is 6.42 Å². The van der Waals surface area contributed by atoms with E-state index in [9.17, 15) is 4.79 Å². The first-order valence-electron chi connectivity index (χ1n) is 6.44. The first-order valence-corrected chi connectivity index (χ1v) is 6.44. The monoisotopic (exact) mass is 266 g/mol. The maximum Gasteiger partial charge on any atom is 0.307 e. The fourth-order valence-corrected chi connectivity index (χ4v) is 2.51. The van der Waals surface area contributed by atoms with Crippen molar-refractivity contribution in [2.45, 2.75) is 13.3 Å². The molecule has 0 aliphatic carbocycles. The summed E-state index contributed by atoms with van der Waals surface area (Å²) in [6, 6.07) is 15.6. The molecule has 3 nitrogen and oxygen atoms in total. The van der Waals surface area contributed by atoms with Gasteiger partial charge in [-0.25, -0.2) is 0 Å². The molecule has 0 radical (unpaired) electrons. The normalized spacial score (nSPS) is 10.8. The number of hydrogen-bond acceptors (Lipinski definition) is 2. The highest BCUT2D eigenvalue weighted by Crippen LogP contribution is 2.34. The zero-order valence-corrected chi connectivity index (χ0v) is 11.1.